The van der Waals surface area contributed by atoms with Crippen LogP contribution in [0.5, 0.6) is 5.75 Å². The number of carbonyl (C=O) groups is 1. The maximum absolute atomic E-state index is 12.1. The first-order valence-electron chi connectivity index (χ1n) is 7.22. The van der Waals surface area contributed by atoms with Crippen molar-refractivity contribution in [3.8, 4) is 16.9 Å². The molecule has 1 aliphatic rings. The second-order valence-electron chi connectivity index (χ2n) is 5.46. The Morgan fingerprint density at radius 2 is 1.95 bits per heavy atom. The smallest absolute Gasteiger partial charge is 0.153 e. The van der Waals surface area contributed by atoms with E-state index in [-0.39, 0.29) is 24.2 Å². The number of fused-ring (bicyclic) bond motifs is 1. The standard InChI is InChI=1S/C18H19NO2.ClH/c1-21-14-6-2-5-13(10-14)15-7-3-4-12-8-9-17(19)18(20)11-16(12)15;/h2-7,10,17H,8-9,11,19H2,1H3;1H. The summed E-state index contributed by atoms with van der Waals surface area (Å²) in [6.45, 7) is 0. The molecule has 3 rings (SSSR count). The number of rotatable bonds is 2. The largest absolute Gasteiger partial charge is 0.497 e. The third kappa shape index (κ3) is 3.16. The maximum Gasteiger partial charge on any atom is 0.153 e. The predicted molar refractivity (Wildman–Crippen MR) is 90.7 cm³/mol. The minimum atomic E-state index is -0.337. The van der Waals surface area contributed by atoms with Crippen molar-refractivity contribution in [1.82, 2.24) is 0 Å². The Morgan fingerprint density at radius 3 is 2.73 bits per heavy atom. The molecule has 2 aromatic rings. The number of hydrogen-bond acceptors (Lipinski definition) is 3. The first kappa shape index (κ1) is 16.5. The van der Waals surface area contributed by atoms with Crippen LogP contribution in [0, 0.1) is 0 Å². The Bertz CT molecular complexity index is 685. The molecule has 0 radical (unpaired) electrons. The molecule has 116 valence electrons. The molecular weight excluding hydrogens is 298 g/mol. The average Bonchev–Trinajstić information content (AvgIpc) is 2.66. The van der Waals surface area contributed by atoms with Gasteiger partial charge in [-0.1, -0.05) is 30.3 Å². The van der Waals surface area contributed by atoms with E-state index in [1.165, 1.54) is 5.56 Å². The Balaban J connectivity index is 0.00000176. The van der Waals surface area contributed by atoms with E-state index in [4.69, 9.17) is 10.5 Å². The summed E-state index contributed by atoms with van der Waals surface area (Å²) in [7, 11) is 1.66. The molecule has 4 heteroatoms. The van der Waals surface area contributed by atoms with Gasteiger partial charge in [-0.05, 0) is 47.2 Å². The van der Waals surface area contributed by atoms with Crippen LogP contribution in [0.2, 0.25) is 0 Å². The van der Waals surface area contributed by atoms with E-state index in [1.807, 2.05) is 24.3 Å². The van der Waals surface area contributed by atoms with E-state index >= 15 is 0 Å². The first-order valence-corrected chi connectivity index (χ1v) is 7.22. The van der Waals surface area contributed by atoms with Gasteiger partial charge < -0.3 is 10.5 Å². The van der Waals surface area contributed by atoms with E-state index in [9.17, 15) is 4.79 Å². The lowest BCUT2D eigenvalue weighted by Gasteiger charge is -2.13. The fraction of sp³-hybridized carbons (Fsp3) is 0.278. The van der Waals surface area contributed by atoms with Crippen molar-refractivity contribution in [2.45, 2.75) is 25.3 Å². The van der Waals surface area contributed by atoms with Crippen molar-refractivity contribution in [1.29, 1.82) is 0 Å². The van der Waals surface area contributed by atoms with Gasteiger partial charge in [0.1, 0.15) is 5.75 Å². The van der Waals surface area contributed by atoms with E-state index in [0.717, 1.165) is 35.3 Å². The minimum absolute atomic E-state index is 0. The highest BCUT2D eigenvalue weighted by atomic mass is 35.5. The van der Waals surface area contributed by atoms with E-state index in [0.29, 0.717) is 6.42 Å². The fourth-order valence-corrected chi connectivity index (χ4v) is 2.92. The summed E-state index contributed by atoms with van der Waals surface area (Å²) < 4.78 is 5.30. The number of halogens is 1. The Labute approximate surface area is 136 Å². The molecule has 0 amide bonds. The molecule has 0 fully saturated rings. The number of aryl methyl sites for hydroxylation is 1. The highest BCUT2D eigenvalue weighted by molar-refractivity contribution is 5.89. The van der Waals surface area contributed by atoms with Gasteiger partial charge >= 0.3 is 0 Å². The molecule has 1 atom stereocenters. The summed E-state index contributed by atoms with van der Waals surface area (Å²) in [4.78, 5) is 12.1. The van der Waals surface area contributed by atoms with Crippen molar-refractivity contribution < 1.29 is 9.53 Å². The number of ketones is 1. The zero-order chi connectivity index (χ0) is 14.8. The molecule has 2 aromatic carbocycles. The highest BCUT2D eigenvalue weighted by Crippen LogP contribution is 2.31. The molecule has 0 spiro atoms. The number of Topliss-reactive ketones (excluding diaryl/α,β-unsaturated/α-hetero) is 1. The summed E-state index contributed by atoms with van der Waals surface area (Å²) in [6, 6.07) is 13.8. The highest BCUT2D eigenvalue weighted by Gasteiger charge is 2.22. The first-order chi connectivity index (χ1) is 10.2. The van der Waals surface area contributed by atoms with Gasteiger partial charge in [0.2, 0.25) is 0 Å². The molecule has 3 nitrogen and oxygen atoms in total. The lowest BCUT2D eigenvalue weighted by atomic mass is 9.92. The second-order valence-corrected chi connectivity index (χ2v) is 5.46. The topological polar surface area (TPSA) is 52.3 Å². The van der Waals surface area contributed by atoms with Crippen molar-refractivity contribution in [2.75, 3.05) is 7.11 Å². The van der Waals surface area contributed by atoms with Gasteiger partial charge in [-0.15, -0.1) is 12.4 Å². The molecular formula is C18H20ClNO2. The van der Waals surface area contributed by atoms with Crippen molar-refractivity contribution in [2.24, 2.45) is 5.73 Å². The van der Waals surface area contributed by atoms with Crippen LogP contribution in [0.25, 0.3) is 11.1 Å². The van der Waals surface area contributed by atoms with Gasteiger partial charge in [0.25, 0.3) is 0 Å². The number of methoxy groups -OCH3 is 1. The van der Waals surface area contributed by atoms with Crippen LogP contribution in [0.1, 0.15) is 17.5 Å². The summed E-state index contributed by atoms with van der Waals surface area (Å²) in [5, 5.41) is 0. The van der Waals surface area contributed by atoms with Gasteiger partial charge in [0.05, 0.1) is 13.2 Å². The average molecular weight is 318 g/mol. The molecule has 22 heavy (non-hydrogen) atoms. The SMILES string of the molecule is COc1cccc(-c2cccc3c2CC(=O)C(N)CC3)c1.Cl. The zero-order valence-corrected chi connectivity index (χ0v) is 13.4. The quantitative estimate of drug-likeness (QED) is 0.866. The molecule has 0 saturated carbocycles. The lowest BCUT2D eigenvalue weighted by molar-refractivity contribution is -0.119. The van der Waals surface area contributed by atoms with Crippen molar-refractivity contribution >= 4 is 18.2 Å². The zero-order valence-electron chi connectivity index (χ0n) is 12.5. The third-order valence-electron chi connectivity index (χ3n) is 4.14. The Kier molecular flexibility index (Phi) is 5.22. The van der Waals surface area contributed by atoms with Crippen LogP contribution in [0.4, 0.5) is 0 Å². The van der Waals surface area contributed by atoms with Crippen LogP contribution in [-0.2, 0) is 17.6 Å². The molecule has 2 N–H and O–H groups in total. The Hall–Kier alpha value is -1.84. The molecule has 1 aliphatic carbocycles. The van der Waals surface area contributed by atoms with Crippen LogP contribution in [0.15, 0.2) is 42.5 Å². The normalized spacial score (nSPS) is 17.2. The summed E-state index contributed by atoms with van der Waals surface area (Å²) in [6.07, 6.45) is 2.01. The van der Waals surface area contributed by atoms with Crippen LogP contribution < -0.4 is 10.5 Å². The molecule has 0 aliphatic heterocycles. The summed E-state index contributed by atoms with van der Waals surface area (Å²) in [5.41, 5.74) is 10.5. The fourth-order valence-electron chi connectivity index (χ4n) is 2.92. The molecule has 1 unspecified atom stereocenters. The van der Waals surface area contributed by atoms with Gasteiger partial charge in [-0.2, -0.15) is 0 Å². The molecule has 0 heterocycles. The van der Waals surface area contributed by atoms with Crippen LogP contribution in [-0.4, -0.2) is 18.9 Å². The van der Waals surface area contributed by atoms with E-state index in [2.05, 4.69) is 18.2 Å². The van der Waals surface area contributed by atoms with Gasteiger partial charge in [0.15, 0.2) is 5.78 Å². The second kappa shape index (κ2) is 6.95. The number of carbonyl (C=O) groups excluding carboxylic acids is 1. The maximum atomic E-state index is 12.1. The van der Waals surface area contributed by atoms with Gasteiger partial charge in [-0.3, -0.25) is 4.79 Å². The van der Waals surface area contributed by atoms with E-state index in [1.54, 1.807) is 7.11 Å². The van der Waals surface area contributed by atoms with Crippen molar-refractivity contribution in [3.63, 3.8) is 0 Å². The predicted octanol–water partition coefficient (Wildman–Crippen LogP) is 3.17. The van der Waals surface area contributed by atoms with Crippen LogP contribution in [0.3, 0.4) is 0 Å². The van der Waals surface area contributed by atoms with E-state index < -0.39 is 0 Å². The number of ether oxygens (including phenoxy) is 1. The molecule has 0 bridgehead atoms. The van der Waals surface area contributed by atoms with Gasteiger partial charge in [-0.25, -0.2) is 0 Å². The molecule has 0 saturated heterocycles. The van der Waals surface area contributed by atoms with Gasteiger partial charge in [0, 0.05) is 6.42 Å². The minimum Gasteiger partial charge on any atom is -0.497 e. The monoisotopic (exact) mass is 317 g/mol. The lowest BCUT2D eigenvalue weighted by Crippen LogP contribution is -2.30. The summed E-state index contributed by atoms with van der Waals surface area (Å²) in [5.74, 6) is 0.950. The third-order valence-corrected chi connectivity index (χ3v) is 4.14. The summed E-state index contributed by atoms with van der Waals surface area (Å²) >= 11 is 0. The number of hydrogen-bond donors (Lipinski definition) is 1. The van der Waals surface area contributed by atoms with Crippen LogP contribution >= 0.6 is 12.4 Å². The Morgan fingerprint density at radius 1 is 1.18 bits per heavy atom. The van der Waals surface area contributed by atoms with Crippen molar-refractivity contribution in [3.05, 3.63) is 53.6 Å². The number of nitrogens with two attached hydrogens (primary N) is 1. The number of benzene rings is 2. The molecule has 0 aromatic heterocycles.